The molecule has 2 aliphatic rings. The van der Waals surface area contributed by atoms with Crippen molar-refractivity contribution in [2.45, 2.75) is 131 Å². The third-order valence-corrected chi connectivity index (χ3v) is 22.1. The van der Waals surface area contributed by atoms with Gasteiger partial charge in [-0.3, -0.25) is 4.98 Å². The zero-order valence-electron chi connectivity index (χ0n) is 80.4. The Morgan fingerprint density at radius 3 is 1.08 bits per heavy atom. The molecule has 0 unspecified atom stereocenters. The van der Waals surface area contributed by atoms with Gasteiger partial charge in [-0.1, -0.05) is 310 Å². The fourth-order valence-electron chi connectivity index (χ4n) is 16.2. The van der Waals surface area contributed by atoms with Gasteiger partial charge in [-0.2, -0.15) is 0 Å². The Balaban J connectivity index is 1.13. The van der Waals surface area contributed by atoms with Gasteiger partial charge >= 0.3 is 0 Å². The number of pyridine rings is 1. The van der Waals surface area contributed by atoms with Crippen LogP contribution >= 0.6 is 0 Å². The minimum absolute atomic E-state index is 0.0865. The summed E-state index contributed by atoms with van der Waals surface area (Å²) in [6.45, 7) is 32.1. The molecule has 18 rings (SSSR count). The second-order valence-electron chi connectivity index (χ2n) is 34.5. The number of nitrogens with zero attached hydrogens (tertiary/aromatic N) is 5. The number of para-hydroxylation sites is 4. The summed E-state index contributed by atoms with van der Waals surface area (Å²) in [5.74, 6) is 0. The van der Waals surface area contributed by atoms with Gasteiger partial charge in [0, 0.05) is 83.3 Å². The van der Waals surface area contributed by atoms with E-state index in [-0.39, 0.29) is 65.8 Å². The maximum Gasteiger partial charge on any atom is 0.252 e. The highest BCUT2D eigenvalue weighted by atomic mass is 15.2. The monoisotopic (exact) mass is 1430 g/mol. The fourth-order valence-corrected chi connectivity index (χ4v) is 16.2. The van der Waals surface area contributed by atoms with Crippen molar-refractivity contribution in [1.82, 2.24) is 14.1 Å². The van der Waals surface area contributed by atoms with Crippen LogP contribution < -0.4 is 26.2 Å². The molecule has 5 heterocycles. The Morgan fingerprint density at radius 1 is 0.294 bits per heavy atom. The van der Waals surface area contributed by atoms with Crippen molar-refractivity contribution in [2.24, 2.45) is 0 Å². The lowest BCUT2D eigenvalue weighted by atomic mass is 9.33. The van der Waals surface area contributed by atoms with E-state index in [1.807, 2.05) is 84.9 Å². The standard InChI is InChI=1S/C103H94BN5/c1-99(2,3)70-54-69(55-71(57-70)100(4,5)6)68-50-52-84-91(56-68)108(98-82(67-38-23-18-24-39-67)60-73(102(10,11)12)61-83(98)86-44-33-49-95(105-86)103(13,14)15)93-63-75(107-89-47-31-27-42-78(89)79-43-28-32-48-90(79)107)64-94-96(93)104(84)85-53-51-74(106-87-45-29-25-40-76(87)77-41-26-30-46-88(77)106)62-92(85)109(94)97-80(65-34-19-16-20-35-65)58-72(101(7,8)9)59-81(97)66-36-21-17-22-37-66/h16-64H,1-15H3/i25D,26D,27D,28D,29D,30D,31D,32D,40D,41D,42D,43D,45D,46D,47D,48D. The topological polar surface area (TPSA) is 29.2 Å². The van der Waals surface area contributed by atoms with E-state index in [0.717, 1.165) is 94.4 Å². The van der Waals surface area contributed by atoms with Crippen LogP contribution in [0.1, 0.15) is 154 Å². The quantitative estimate of drug-likeness (QED) is 0.135. The van der Waals surface area contributed by atoms with Gasteiger partial charge in [-0.15, -0.1) is 0 Å². The highest BCUT2D eigenvalue weighted by Gasteiger charge is 2.47. The normalized spacial score (nSPS) is 15.3. The van der Waals surface area contributed by atoms with E-state index >= 15 is 0 Å². The minimum atomic E-state index is -0.824. The molecule has 0 atom stereocenters. The average Bonchev–Trinajstić information content (AvgIpc) is 1.66. The summed E-state index contributed by atoms with van der Waals surface area (Å²) in [6, 6.07) is 60.4. The third-order valence-electron chi connectivity index (χ3n) is 22.1. The van der Waals surface area contributed by atoms with E-state index in [1.165, 1.54) is 0 Å². The number of benzene rings is 13. The van der Waals surface area contributed by atoms with Gasteiger partial charge in [0.05, 0.1) is 66.8 Å². The van der Waals surface area contributed by atoms with Gasteiger partial charge in [0.2, 0.25) is 0 Å². The van der Waals surface area contributed by atoms with Gasteiger partial charge in [0.1, 0.15) is 0 Å². The molecule has 0 bridgehead atoms. The summed E-state index contributed by atoms with van der Waals surface area (Å²) < 4.78 is 159. The maximum atomic E-state index is 10.3. The molecule has 0 amide bonds. The number of aromatic nitrogens is 3. The zero-order chi connectivity index (χ0) is 89.3. The molecule has 0 N–H and O–H groups in total. The van der Waals surface area contributed by atoms with Crippen molar-refractivity contribution in [3.8, 4) is 67.1 Å². The van der Waals surface area contributed by atoms with E-state index in [2.05, 4.69) is 229 Å². The van der Waals surface area contributed by atoms with Gasteiger partial charge in [0.25, 0.3) is 6.71 Å². The lowest BCUT2D eigenvalue weighted by Gasteiger charge is -2.46. The van der Waals surface area contributed by atoms with Crippen molar-refractivity contribution < 1.29 is 21.9 Å². The average molecular weight is 1430 g/mol. The first kappa shape index (κ1) is 53.1. The number of hydrogen-bond donors (Lipinski definition) is 0. The molecule has 109 heavy (non-hydrogen) atoms. The lowest BCUT2D eigenvalue weighted by Crippen LogP contribution is -2.61. The van der Waals surface area contributed by atoms with E-state index in [0.29, 0.717) is 39.8 Å². The largest absolute Gasteiger partial charge is 0.310 e. The molecule has 6 heteroatoms. The van der Waals surface area contributed by atoms with Crippen LogP contribution in [0.3, 0.4) is 0 Å². The first-order valence-corrected chi connectivity index (χ1v) is 37.6. The second kappa shape index (κ2) is 25.5. The van der Waals surface area contributed by atoms with Gasteiger partial charge in [0.15, 0.2) is 0 Å². The third kappa shape index (κ3) is 11.7. The number of fused-ring (bicyclic) bond motifs is 10. The number of hydrogen-bond acceptors (Lipinski definition) is 3. The van der Waals surface area contributed by atoms with Crippen molar-refractivity contribution in [2.75, 3.05) is 9.80 Å². The summed E-state index contributed by atoms with van der Waals surface area (Å²) in [5.41, 5.74) is 17.1. The number of anilines is 6. The van der Waals surface area contributed by atoms with E-state index in [1.54, 1.807) is 9.13 Å². The fraction of sp³-hybridized carbons (Fsp3) is 0.194. The van der Waals surface area contributed by atoms with Crippen LogP contribution in [-0.4, -0.2) is 20.8 Å². The first-order chi connectivity index (χ1) is 58.9. The van der Waals surface area contributed by atoms with E-state index < -0.39 is 120 Å². The summed E-state index contributed by atoms with van der Waals surface area (Å²) in [4.78, 5) is 10.3. The van der Waals surface area contributed by atoms with Crippen molar-refractivity contribution >= 4 is 101 Å². The molecule has 534 valence electrons. The molecule has 3 aromatic heterocycles. The molecule has 13 aromatic carbocycles. The van der Waals surface area contributed by atoms with Crippen LogP contribution in [0, 0.1) is 0 Å². The predicted octanol–water partition coefficient (Wildman–Crippen LogP) is 26.2. The highest BCUT2D eigenvalue weighted by Crippen LogP contribution is 2.56. The summed E-state index contributed by atoms with van der Waals surface area (Å²) >= 11 is 0. The SMILES string of the molecule is [2H]c1c([2H])c([2H])c2c(c1[2H])c1c([2H])c([2H])c([2H])c([2H])c1n2-c1ccc2c(c1)N(c1c(-c3ccccc3)cc(C(C)(C)C)cc1-c1ccccc1)c1cc(-n3c4c([2H])c([2H])c([2H])c([2H])c4c4c([2H])c([2H])c([2H])c([2H])c43)cc3c1B2c1ccc(-c2cc(C(C)(C)C)cc(C(C)(C)C)c2)cc1N3c1c(-c2ccccc2)cc(C(C)(C)C)cc1-c1cccc(C(C)(C)C)n1. The molecule has 0 saturated heterocycles. The Morgan fingerprint density at radius 2 is 0.661 bits per heavy atom. The van der Waals surface area contributed by atoms with Crippen LogP contribution in [0.25, 0.3) is 111 Å². The summed E-state index contributed by atoms with van der Waals surface area (Å²) in [7, 11) is 0. The Kier molecular flexibility index (Phi) is 12.4. The van der Waals surface area contributed by atoms with E-state index in [9.17, 15) is 21.9 Å². The molecule has 5 nitrogen and oxygen atoms in total. The van der Waals surface area contributed by atoms with Crippen molar-refractivity contribution in [3.05, 3.63) is 325 Å². The molecule has 0 radical (unpaired) electrons. The highest BCUT2D eigenvalue weighted by molar-refractivity contribution is 7.00. The maximum absolute atomic E-state index is 10.3. The Bertz CT molecular complexity index is 7080. The van der Waals surface area contributed by atoms with Gasteiger partial charge < -0.3 is 18.9 Å². The molecule has 0 aliphatic carbocycles. The lowest BCUT2D eigenvalue weighted by molar-refractivity contribution is 0.569. The second-order valence-corrected chi connectivity index (χ2v) is 34.5. The Hall–Kier alpha value is -11.7. The predicted molar refractivity (Wildman–Crippen MR) is 468 cm³/mol. The minimum Gasteiger partial charge on any atom is -0.310 e. The number of rotatable bonds is 9. The van der Waals surface area contributed by atoms with E-state index in [4.69, 9.17) is 4.98 Å². The Labute approximate surface area is 666 Å². The van der Waals surface area contributed by atoms with Crippen LogP contribution in [0.5, 0.6) is 0 Å². The zero-order valence-corrected chi connectivity index (χ0v) is 64.4. The van der Waals surface area contributed by atoms with Gasteiger partial charge in [-0.25, -0.2) is 0 Å². The molecule has 0 fully saturated rings. The molecular formula is C103H94BN5. The smallest absolute Gasteiger partial charge is 0.252 e. The molecule has 2 aliphatic heterocycles. The van der Waals surface area contributed by atoms with Gasteiger partial charge in [-0.05, 0) is 179 Å². The summed E-state index contributed by atoms with van der Waals surface area (Å²) in [6.07, 6.45) is 0. The molecule has 0 spiro atoms. The first-order valence-electron chi connectivity index (χ1n) is 45.6. The molecular weight excluding hydrogens is 1320 g/mol. The molecule has 0 saturated carbocycles. The van der Waals surface area contributed by atoms with Crippen LogP contribution in [-0.2, 0) is 27.1 Å². The van der Waals surface area contributed by atoms with Crippen molar-refractivity contribution in [3.63, 3.8) is 0 Å². The van der Waals surface area contributed by atoms with Crippen LogP contribution in [0.4, 0.5) is 34.1 Å². The van der Waals surface area contributed by atoms with Crippen molar-refractivity contribution in [1.29, 1.82) is 0 Å². The summed E-state index contributed by atoms with van der Waals surface area (Å²) in [5, 5.41) is -0.451. The van der Waals surface area contributed by atoms with Crippen LogP contribution in [0.15, 0.2) is 297 Å². The van der Waals surface area contributed by atoms with Crippen LogP contribution in [0.2, 0.25) is 0 Å². The molecule has 16 aromatic rings.